The minimum Gasteiger partial charge on any atom is -0.385 e. The summed E-state index contributed by atoms with van der Waals surface area (Å²) in [5.74, 6) is 0.147. The minimum absolute atomic E-state index is 0.0215. The molecule has 17 heavy (non-hydrogen) atoms. The van der Waals surface area contributed by atoms with Crippen molar-refractivity contribution >= 4 is 5.91 Å². The van der Waals surface area contributed by atoms with Gasteiger partial charge in [0.25, 0.3) is 0 Å². The number of amides is 1. The van der Waals surface area contributed by atoms with Gasteiger partial charge in [0.2, 0.25) is 5.91 Å². The van der Waals surface area contributed by atoms with Crippen LogP contribution in [-0.4, -0.2) is 32.2 Å². The average Bonchev–Trinajstić information content (AvgIpc) is 2.70. The minimum atomic E-state index is 0.0215. The molecule has 0 saturated heterocycles. The van der Waals surface area contributed by atoms with Gasteiger partial charge in [-0.15, -0.1) is 0 Å². The van der Waals surface area contributed by atoms with Crippen LogP contribution >= 0.6 is 0 Å². The van der Waals surface area contributed by atoms with Crippen molar-refractivity contribution in [2.45, 2.75) is 45.6 Å². The first-order chi connectivity index (χ1) is 7.96. The van der Waals surface area contributed by atoms with Gasteiger partial charge in [0.1, 0.15) is 0 Å². The molecule has 4 nitrogen and oxygen atoms in total. The first-order valence-electron chi connectivity index (χ1n) is 6.48. The summed E-state index contributed by atoms with van der Waals surface area (Å²) < 4.78 is 5.07. The fourth-order valence-electron chi connectivity index (χ4n) is 2.24. The summed E-state index contributed by atoms with van der Waals surface area (Å²) in [6, 6.07) is 0.0529. The molecule has 2 atom stereocenters. The highest BCUT2D eigenvalue weighted by molar-refractivity contribution is 5.79. The molecular formula is C13H26N2O2. The number of ether oxygens (including phenoxy) is 1. The summed E-state index contributed by atoms with van der Waals surface area (Å²) in [5, 5.41) is 3.03. The van der Waals surface area contributed by atoms with Gasteiger partial charge in [-0.25, -0.2) is 0 Å². The second-order valence-corrected chi connectivity index (χ2v) is 5.83. The Balaban J connectivity index is 2.31. The highest BCUT2D eigenvalue weighted by Gasteiger charge is 2.31. The monoisotopic (exact) mass is 242 g/mol. The van der Waals surface area contributed by atoms with E-state index in [1.165, 1.54) is 0 Å². The smallest absolute Gasteiger partial charge is 0.224 e. The van der Waals surface area contributed by atoms with E-state index in [1.807, 2.05) is 0 Å². The number of nitrogens with two attached hydrogens (primary N) is 1. The molecule has 3 N–H and O–H groups in total. The van der Waals surface area contributed by atoms with Gasteiger partial charge < -0.3 is 15.8 Å². The maximum atomic E-state index is 12.0. The van der Waals surface area contributed by atoms with Crippen LogP contribution in [0.4, 0.5) is 0 Å². The normalized spacial score (nSPS) is 24.9. The molecule has 1 aliphatic carbocycles. The van der Waals surface area contributed by atoms with Crippen molar-refractivity contribution in [1.29, 1.82) is 0 Å². The molecule has 0 spiro atoms. The van der Waals surface area contributed by atoms with Crippen LogP contribution in [0, 0.1) is 11.3 Å². The Kier molecular flexibility index (Phi) is 5.40. The van der Waals surface area contributed by atoms with Gasteiger partial charge in [-0.05, 0) is 24.7 Å². The number of methoxy groups -OCH3 is 1. The molecule has 1 fully saturated rings. The fourth-order valence-corrected chi connectivity index (χ4v) is 2.24. The second kappa shape index (κ2) is 6.36. The predicted molar refractivity (Wildman–Crippen MR) is 68.6 cm³/mol. The molecule has 0 aromatic rings. The van der Waals surface area contributed by atoms with Crippen molar-refractivity contribution in [3.63, 3.8) is 0 Å². The molecule has 4 heteroatoms. The van der Waals surface area contributed by atoms with E-state index >= 15 is 0 Å². The molecule has 0 aromatic heterocycles. The van der Waals surface area contributed by atoms with E-state index in [1.54, 1.807) is 7.11 Å². The van der Waals surface area contributed by atoms with Crippen molar-refractivity contribution in [2.75, 3.05) is 20.3 Å². The lowest BCUT2D eigenvalue weighted by Gasteiger charge is -2.26. The first-order valence-corrected chi connectivity index (χ1v) is 6.48. The van der Waals surface area contributed by atoms with Crippen LogP contribution in [-0.2, 0) is 9.53 Å². The summed E-state index contributed by atoms with van der Waals surface area (Å²) in [7, 11) is 1.70. The highest BCUT2D eigenvalue weighted by atomic mass is 16.5. The van der Waals surface area contributed by atoms with Crippen LogP contribution in [0.3, 0.4) is 0 Å². The van der Waals surface area contributed by atoms with Crippen LogP contribution in [0.15, 0.2) is 0 Å². The molecule has 0 heterocycles. The molecule has 100 valence electrons. The lowest BCUT2D eigenvalue weighted by atomic mass is 9.89. The number of rotatable bonds is 6. The largest absolute Gasteiger partial charge is 0.385 e. The highest BCUT2D eigenvalue weighted by Crippen LogP contribution is 2.25. The Labute approximate surface area is 104 Å². The zero-order valence-corrected chi connectivity index (χ0v) is 11.3. The van der Waals surface area contributed by atoms with Crippen molar-refractivity contribution in [3.05, 3.63) is 0 Å². The maximum Gasteiger partial charge on any atom is 0.224 e. The van der Waals surface area contributed by atoms with Crippen molar-refractivity contribution in [3.8, 4) is 0 Å². The Morgan fingerprint density at radius 3 is 2.71 bits per heavy atom. The van der Waals surface area contributed by atoms with Crippen LogP contribution < -0.4 is 11.1 Å². The Morgan fingerprint density at radius 1 is 1.47 bits per heavy atom. The lowest BCUT2D eigenvalue weighted by Crippen LogP contribution is -2.42. The maximum absolute atomic E-state index is 12.0. The summed E-state index contributed by atoms with van der Waals surface area (Å²) in [6.07, 6.45) is 3.93. The summed E-state index contributed by atoms with van der Waals surface area (Å²) in [6.45, 7) is 5.70. The van der Waals surface area contributed by atoms with Gasteiger partial charge in [0, 0.05) is 26.3 Å². The zero-order chi connectivity index (χ0) is 12.9. The van der Waals surface area contributed by atoms with Gasteiger partial charge >= 0.3 is 0 Å². The van der Waals surface area contributed by atoms with Gasteiger partial charge in [-0.3, -0.25) is 4.79 Å². The van der Waals surface area contributed by atoms with E-state index in [0.717, 1.165) is 32.3 Å². The molecule has 2 unspecified atom stereocenters. The first kappa shape index (κ1) is 14.5. The Morgan fingerprint density at radius 2 is 2.18 bits per heavy atom. The Hall–Kier alpha value is -0.610. The number of hydrogen-bond donors (Lipinski definition) is 2. The number of hydrogen-bond acceptors (Lipinski definition) is 3. The second-order valence-electron chi connectivity index (χ2n) is 5.83. The van der Waals surface area contributed by atoms with Crippen LogP contribution in [0.5, 0.6) is 0 Å². The lowest BCUT2D eigenvalue weighted by molar-refractivity contribution is -0.125. The summed E-state index contributed by atoms with van der Waals surface area (Å²) in [4.78, 5) is 12.0. The van der Waals surface area contributed by atoms with Crippen LogP contribution in [0.25, 0.3) is 0 Å². The average molecular weight is 242 g/mol. The predicted octanol–water partition coefficient (Wildman–Crippen LogP) is 1.29. The molecule has 0 aromatic carbocycles. The molecule has 1 aliphatic rings. The van der Waals surface area contributed by atoms with Gasteiger partial charge in [0.05, 0.1) is 5.92 Å². The number of nitrogens with one attached hydrogen (secondary N) is 1. The SMILES string of the molecule is COCCC(C)(C)CNC(=O)C1CCCC1N. The van der Waals surface area contributed by atoms with Gasteiger partial charge in [-0.1, -0.05) is 20.3 Å². The van der Waals surface area contributed by atoms with E-state index in [-0.39, 0.29) is 23.3 Å². The standard InChI is InChI=1S/C13H26N2O2/c1-13(2,7-8-17-3)9-15-12(16)10-5-4-6-11(10)14/h10-11H,4-9,14H2,1-3H3,(H,15,16). The summed E-state index contributed by atoms with van der Waals surface area (Å²) >= 11 is 0. The third-order valence-corrected chi connectivity index (χ3v) is 3.63. The molecule has 1 saturated carbocycles. The van der Waals surface area contributed by atoms with Gasteiger partial charge in [0.15, 0.2) is 0 Å². The topological polar surface area (TPSA) is 64.3 Å². The number of carbonyl (C=O) groups is 1. The quantitative estimate of drug-likeness (QED) is 0.737. The fraction of sp³-hybridized carbons (Fsp3) is 0.923. The molecule has 1 rings (SSSR count). The molecule has 0 bridgehead atoms. The molecule has 0 aliphatic heterocycles. The molecular weight excluding hydrogens is 216 g/mol. The number of carbonyl (C=O) groups excluding carboxylic acids is 1. The molecule has 0 radical (unpaired) electrons. The zero-order valence-electron chi connectivity index (χ0n) is 11.3. The van der Waals surface area contributed by atoms with E-state index in [0.29, 0.717) is 6.54 Å². The third-order valence-electron chi connectivity index (χ3n) is 3.63. The van der Waals surface area contributed by atoms with E-state index in [9.17, 15) is 4.79 Å². The van der Waals surface area contributed by atoms with Gasteiger partial charge in [-0.2, -0.15) is 0 Å². The van der Waals surface area contributed by atoms with E-state index in [4.69, 9.17) is 10.5 Å². The third kappa shape index (κ3) is 4.64. The van der Waals surface area contributed by atoms with Crippen LogP contribution in [0.1, 0.15) is 39.5 Å². The van der Waals surface area contributed by atoms with E-state index in [2.05, 4.69) is 19.2 Å². The van der Waals surface area contributed by atoms with Crippen molar-refractivity contribution in [1.82, 2.24) is 5.32 Å². The summed E-state index contributed by atoms with van der Waals surface area (Å²) in [5.41, 5.74) is 6.00. The Bertz CT molecular complexity index is 254. The molecule has 1 amide bonds. The van der Waals surface area contributed by atoms with Crippen LogP contribution in [0.2, 0.25) is 0 Å². The van der Waals surface area contributed by atoms with Crippen molar-refractivity contribution < 1.29 is 9.53 Å². The van der Waals surface area contributed by atoms with Crippen molar-refractivity contribution in [2.24, 2.45) is 17.1 Å². The van der Waals surface area contributed by atoms with E-state index < -0.39 is 0 Å².